The van der Waals surface area contributed by atoms with E-state index in [1.807, 2.05) is 29.2 Å². The molecule has 1 aliphatic rings. The minimum absolute atomic E-state index is 0.218. The monoisotopic (exact) mass is 251 g/mol. The molecule has 1 unspecified atom stereocenters. The van der Waals surface area contributed by atoms with Crippen LogP contribution in [0.5, 0.6) is 5.75 Å². The van der Waals surface area contributed by atoms with Crippen LogP contribution in [0.4, 0.5) is 0 Å². The summed E-state index contributed by atoms with van der Waals surface area (Å²) in [6.07, 6.45) is 0.624. The third kappa shape index (κ3) is 2.75. The highest BCUT2D eigenvalue weighted by molar-refractivity contribution is 7.80. The average Bonchev–Trinajstić information content (AvgIpc) is 2.71. The molecule has 0 aromatic heterocycles. The highest BCUT2D eigenvalue weighted by Crippen LogP contribution is 2.24. The molecule has 4 heteroatoms. The molecular formula is C13H17NO2S. The van der Waals surface area contributed by atoms with Crippen molar-refractivity contribution in [1.82, 2.24) is 4.90 Å². The molecule has 1 aliphatic heterocycles. The Bertz CT molecular complexity index is 408. The largest absolute Gasteiger partial charge is 0.496 e. The number of ether oxygens (including phenoxy) is 1. The molecule has 2 rings (SSSR count). The van der Waals surface area contributed by atoms with Gasteiger partial charge < -0.3 is 9.64 Å². The van der Waals surface area contributed by atoms with E-state index in [0.717, 1.165) is 23.6 Å². The van der Waals surface area contributed by atoms with Crippen molar-refractivity contribution in [2.75, 3.05) is 19.4 Å². The summed E-state index contributed by atoms with van der Waals surface area (Å²) in [5.74, 6) is 2.22. The van der Waals surface area contributed by atoms with Crippen LogP contribution in [0.3, 0.4) is 0 Å². The Balaban J connectivity index is 2.08. The second-order valence-corrected chi connectivity index (χ2v) is 4.70. The van der Waals surface area contributed by atoms with Crippen molar-refractivity contribution in [3.8, 4) is 5.75 Å². The molecule has 0 saturated carbocycles. The molecule has 1 atom stereocenters. The van der Waals surface area contributed by atoms with Gasteiger partial charge in [0.15, 0.2) is 0 Å². The Hall–Kier alpha value is -1.16. The smallest absolute Gasteiger partial charge is 0.223 e. The van der Waals surface area contributed by atoms with Crippen LogP contribution in [-0.4, -0.2) is 30.2 Å². The minimum atomic E-state index is 0.218. The molecule has 1 aromatic carbocycles. The van der Waals surface area contributed by atoms with Crippen molar-refractivity contribution >= 4 is 18.5 Å². The quantitative estimate of drug-likeness (QED) is 0.829. The van der Waals surface area contributed by atoms with Gasteiger partial charge in [-0.15, -0.1) is 0 Å². The van der Waals surface area contributed by atoms with Crippen LogP contribution in [0.15, 0.2) is 24.3 Å². The summed E-state index contributed by atoms with van der Waals surface area (Å²) in [6, 6.07) is 7.82. The van der Waals surface area contributed by atoms with Crippen molar-refractivity contribution in [3.63, 3.8) is 0 Å². The number of rotatable bonds is 4. The highest BCUT2D eigenvalue weighted by Gasteiger charge is 2.28. The lowest BCUT2D eigenvalue weighted by atomic mass is 10.1. The van der Waals surface area contributed by atoms with Gasteiger partial charge in [0, 0.05) is 25.1 Å². The van der Waals surface area contributed by atoms with E-state index in [9.17, 15) is 4.79 Å². The van der Waals surface area contributed by atoms with E-state index >= 15 is 0 Å². The zero-order valence-corrected chi connectivity index (χ0v) is 10.8. The molecule has 0 spiro atoms. The van der Waals surface area contributed by atoms with E-state index in [2.05, 4.69) is 12.6 Å². The topological polar surface area (TPSA) is 29.5 Å². The number of methoxy groups -OCH3 is 1. The summed E-state index contributed by atoms with van der Waals surface area (Å²) in [4.78, 5) is 13.7. The number of likely N-dealkylation sites (tertiary alicyclic amines) is 1. The third-order valence-corrected chi connectivity index (χ3v) is 3.62. The minimum Gasteiger partial charge on any atom is -0.496 e. The zero-order chi connectivity index (χ0) is 12.3. The van der Waals surface area contributed by atoms with Crippen molar-refractivity contribution in [3.05, 3.63) is 29.8 Å². The van der Waals surface area contributed by atoms with Crippen LogP contribution in [-0.2, 0) is 11.3 Å². The summed E-state index contributed by atoms with van der Waals surface area (Å²) in [5, 5.41) is 0. The standard InChI is InChI=1S/C13H17NO2S/c1-16-12-5-3-2-4-11(12)8-14-7-10(9-17)6-13(14)15/h2-5,10,17H,6-9H2,1H3. The second-order valence-electron chi connectivity index (χ2n) is 4.34. The van der Waals surface area contributed by atoms with Crippen LogP contribution in [0, 0.1) is 5.92 Å². The van der Waals surface area contributed by atoms with Gasteiger partial charge in [0.25, 0.3) is 0 Å². The number of benzene rings is 1. The Labute approximate surface area is 107 Å². The first-order valence-corrected chi connectivity index (χ1v) is 6.38. The number of nitrogens with zero attached hydrogens (tertiary/aromatic N) is 1. The maximum Gasteiger partial charge on any atom is 0.223 e. The fourth-order valence-electron chi connectivity index (χ4n) is 2.17. The maximum absolute atomic E-state index is 11.8. The van der Waals surface area contributed by atoms with Crippen molar-refractivity contribution in [1.29, 1.82) is 0 Å². The summed E-state index contributed by atoms with van der Waals surface area (Å²) in [7, 11) is 1.65. The Kier molecular flexibility index (Phi) is 3.94. The van der Waals surface area contributed by atoms with Gasteiger partial charge >= 0.3 is 0 Å². The fourth-order valence-corrected chi connectivity index (χ4v) is 2.41. The van der Waals surface area contributed by atoms with E-state index in [0.29, 0.717) is 18.9 Å². The number of hydrogen-bond acceptors (Lipinski definition) is 3. The molecule has 0 bridgehead atoms. The molecule has 92 valence electrons. The molecule has 1 fully saturated rings. The van der Waals surface area contributed by atoms with Crippen molar-refractivity contribution in [2.24, 2.45) is 5.92 Å². The van der Waals surface area contributed by atoms with Crippen molar-refractivity contribution in [2.45, 2.75) is 13.0 Å². The van der Waals surface area contributed by atoms with Gasteiger partial charge in [0.1, 0.15) is 5.75 Å². The van der Waals surface area contributed by atoms with Gasteiger partial charge in [0.05, 0.1) is 7.11 Å². The SMILES string of the molecule is COc1ccccc1CN1CC(CS)CC1=O. The molecule has 17 heavy (non-hydrogen) atoms. The van der Waals surface area contributed by atoms with Gasteiger partial charge in [-0.2, -0.15) is 12.6 Å². The predicted molar refractivity (Wildman–Crippen MR) is 70.4 cm³/mol. The first-order chi connectivity index (χ1) is 8.24. The number of hydrogen-bond donors (Lipinski definition) is 1. The predicted octanol–water partition coefficient (Wildman–Crippen LogP) is 1.97. The number of carbonyl (C=O) groups is 1. The molecule has 3 nitrogen and oxygen atoms in total. The van der Waals surface area contributed by atoms with Gasteiger partial charge in [-0.05, 0) is 17.7 Å². The van der Waals surface area contributed by atoms with E-state index in [1.165, 1.54) is 0 Å². The Morgan fingerprint density at radius 2 is 2.24 bits per heavy atom. The zero-order valence-electron chi connectivity index (χ0n) is 9.93. The molecular weight excluding hydrogens is 234 g/mol. The number of carbonyl (C=O) groups excluding carboxylic acids is 1. The fraction of sp³-hybridized carbons (Fsp3) is 0.462. The molecule has 1 saturated heterocycles. The number of para-hydroxylation sites is 1. The summed E-state index contributed by atoms with van der Waals surface area (Å²) >= 11 is 4.26. The lowest BCUT2D eigenvalue weighted by Gasteiger charge is -2.18. The lowest BCUT2D eigenvalue weighted by Crippen LogP contribution is -2.25. The molecule has 1 aromatic rings. The second kappa shape index (κ2) is 5.45. The molecule has 0 aliphatic carbocycles. The lowest BCUT2D eigenvalue weighted by molar-refractivity contribution is -0.128. The van der Waals surface area contributed by atoms with Gasteiger partial charge in [0.2, 0.25) is 5.91 Å². The maximum atomic E-state index is 11.8. The third-order valence-electron chi connectivity index (χ3n) is 3.11. The molecule has 1 amide bonds. The molecule has 0 N–H and O–H groups in total. The Morgan fingerprint density at radius 1 is 1.47 bits per heavy atom. The normalized spacial score (nSPS) is 19.8. The van der Waals surface area contributed by atoms with Gasteiger partial charge in [-0.1, -0.05) is 18.2 Å². The van der Waals surface area contributed by atoms with Crippen LogP contribution in [0.2, 0.25) is 0 Å². The number of thiol groups is 1. The van der Waals surface area contributed by atoms with Crippen molar-refractivity contribution < 1.29 is 9.53 Å². The summed E-state index contributed by atoms with van der Waals surface area (Å²) in [5.41, 5.74) is 1.06. The van der Waals surface area contributed by atoms with E-state index in [1.54, 1.807) is 7.11 Å². The Morgan fingerprint density at radius 3 is 2.88 bits per heavy atom. The van der Waals surface area contributed by atoms with Crippen LogP contribution in [0.25, 0.3) is 0 Å². The average molecular weight is 251 g/mol. The van der Waals surface area contributed by atoms with Crippen LogP contribution < -0.4 is 4.74 Å². The van der Waals surface area contributed by atoms with Crippen LogP contribution >= 0.6 is 12.6 Å². The highest BCUT2D eigenvalue weighted by atomic mass is 32.1. The molecule has 0 radical (unpaired) electrons. The van der Waals surface area contributed by atoms with E-state index in [4.69, 9.17) is 4.74 Å². The molecule has 1 heterocycles. The first-order valence-electron chi connectivity index (χ1n) is 5.75. The van der Waals surface area contributed by atoms with Gasteiger partial charge in [-0.25, -0.2) is 0 Å². The van der Waals surface area contributed by atoms with E-state index < -0.39 is 0 Å². The van der Waals surface area contributed by atoms with E-state index in [-0.39, 0.29) is 5.91 Å². The van der Waals surface area contributed by atoms with Gasteiger partial charge in [-0.3, -0.25) is 4.79 Å². The number of amides is 1. The first kappa shape index (κ1) is 12.3. The summed E-state index contributed by atoms with van der Waals surface area (Å²) in [6.45, 7) is 1.44. The van der Waals surface area contributed by atoms with Crippen LogP contribution in [0.1, 0.15) is 12.0 Å². The summed E-state index contributed by atoms with van der Waals surface area (Å²) < 4.78 is 5.29.